The molecule has 1 N–H and O–H groups in total. The molecule has 118 valence electrons. The highest BCUT2D eigenvalue weighted by atomic mass is 16.6. The summed E-state index contributed by atoms with van der Waals surface area (Å²) in [5.74, 6) is 0.786. The van der Waals surface area contributed by atoms with E-state index in [1.54, 1.807) is 0 Å². The summed E-state index contributed by atoms with van der Waals surface area (Å²) in [6.45, 7) is 3.52. The lowest BCUT2D eigenvalue weighted by Crippen LogP contribution is -2.26. The average Bonchev–Trinajstić information content (AvgIpc) is 2.52. The summed E-state index contributed by atoms with van der Waals surface area (Å²) in [7, 11) is 0. The van der Waals surface area contributed by atoms with Gasteiger partial charge in [-0.1, -0.05) is 57.2 Å². The van der Waals surface area contributed by atoms with Gasteiger partial charge in [-0.25, -0.2) is 4.79 Å². The van der Waals surface area contributed by atoms with E-state index in [0.29, 0.717) is 13.2 Å². The van der Waals surface area contributed by atoms with Gasteiger partial charge in [0.25, 0.3) is 0 Å². The normalized spacial score (nSPS) is 10.1. The molecule has 0 aliphatic heterocycles. The van der Waals surface area contributed by atoms with Crippen LogP contribution in [0.1, 0.15) is 45.4 Å². The maximum atomic E-state index is 11.4. The van der Waals surface area contributed by atoms with E-state index in [0.717, 1.165) is 18.6 Å². The largest absolute Gasteiger partial charge is 0.490 e. The van der Waals surface area contributed by atoms with E-state index in [4.69, 9.17) is 9.47 Å². The molecule has 0 bridgehead atoms. The Hall–Kier alpha value is -1.71. The second-order valence-corrected chi connectivity index (χ2v) is 4.99. The lowest BCUT2D eigenvalue weighted by molar-refractivity contribution is 0.125. The van der Waals surface area contributed by atoms with Crippen molar-refractivity contribution in [1.29, 1.82) is 0 Å². The fourth-order valence-corrected chi connectivity index (χ4v) is 1.96. The van der Waals surface area contributed by atoms with Crippen molar-refractivity contribution in [2.24, 2.45) is 0 Å². The van der Waals surface area contributed by atoms with Crippen molar-refractivity contribution in [3.8, 4) is 5.75 Å². The fraction of sp³-hybridized carbons (Fsp3) is 0.588. The van der Waals surface area contributed by atoms with Crippen LogP contribution in [0, 0.1) is 0 Å². The molecule has 0 saturated heterocycles. The van der Waals surface area contributed by atoms with E-state index < -0.39 is 0 Å². The number of amides is 1. The molecule has 0 aromatic heterocycles. The summed E-state index contributed by atoms with van der Waals surface area (Å²) >= 11 is 0. The molecule has 0 fully saturated rings. The number of benzene rings is 1. The number of hydrogen-bond acceptors (Lipinski definition) is 3. The minimum absolute atomic E-state index is 0.261. The van der Waals surface area contributed by atoms with Crippen LogP contribution in [0.15, 0.2) is 30.3 Å². The van der Waals surface area contributed by atoms with Crippen LogP contribution in [0.3, 0.4) is 0 Å². The molecule has 0 unspecified atom stereocenters. The average molecular weight is 293 g/mol. The third kappa shape index (κ3) is 9.77. The topological polar surface area (TPSA) is 47.6 Å². The minimum Gasteiger partial charge on any atom is -0.490 e. The molecular formula is C17H27NO3. The quantitative estimate of drug-likeness (QED) is 0.623. The maximum absolute atomic E-state index is 11.4. The van der Waals surface area contributed by atoms with Crippen LogP contribution >= 0.6 is 0 Å². The summed E-state index contributed by atoms with van der Waals surface area (Å²) in [5.41, 5.74) is 0. The molecule has 0 saturated carbocycles. The van der Waals surface area contributed by atoms with Crippen LogP contribution in [0.25, 0.3) is 0 Å². The number of carbonyl (C=O) groups excluding carboxylic acids is 1. The van der Waals surface area contributed by atoms with E-state index in [2.05, 4.69) is 12.2 Å². The first-order valence-electron chi connectivity index (χ1n) is 7.91. The van der Waals surface area contributed by atoms with Crippen molar-refractivity contribution >= 4 is 6.09 Å². The van der Waals surface area contributed by atoms with Crippen molar-refractivity contribution in [2.75, 3.05) is 19.8 Å². The molecule has 4 heteroatoms. The van der Waals surface area contributed by atoms with Crippen molar-refractivity contribution in [3.05, 3.63) is 30.3 Å². The number of alkyl carbamates (subject to hydrolysis) is 1. The Morgan fingerprint density at radius 2 is 1.71 bits per heavy atom. The van der Waals surface area contributed by atoms with Crippen molar-refractivity contribution in [1.82, 2.24) is 5.32 Å². The highest BCUT2D eigenvalue weighted by molar-refractivity contribution is 5.66. The molecule has 0 heterocycles. The predicted octanol–water partition coefficient (Wildman–Crippen LogP) is 4.15. The van der Waals surface area contributed by atoms with Gasteiger partial charge in [-0.15, -0.1) is 0 Å². The first-order valence-corrected chi connectivity index (χ1v) is 7.91. The SMILES string of the molecule is CCCCCCCCNC(=O)OCCOc1ccccc1. The Bertz CT molecular complexity index is 368. The third-order valence-corrected chi connectivity index (χ3v) is 3.13. The first kappa shape index (κ1) is 17.3. The number of para-hydroxylation sites is 1. The summed E-state index contributed by atoms with van der Waals surface area (Å²) < 4.78 is 10.5. The zero-order chi connectivity index (χ0) is 15.2. The standard InChI is InChI=1S/C17H27NO3/c1-2-3-4-5-6-10-13-18-17(19)21-15-14-20-16-11-8-7-9-12-16/h7-9,11-12H,2-6,10,13-15H2,1H3,(H,18,19). The molecule has 0 aliphatic carbocycles. The van der Waals surface area contributed by atoms with Crippen molar-refractivity contribution < 1.29 is 14.3 Å². The summed E-state index contributed by atoms with van der Waals surface area (Å²) in [6.07, 6.45) is 6.91. The molecular weight excluding hydrogens is 266 g/mol. The van der Waals surface area contributed by atoms with Gasteiger partial charge in [-0.2, -0.15) is 0 Å². The summed E-state index contributed by atoms with van der Waals surface area (Å²) in [4.78, 5) is 11.4. The number of rotatable bonds is 11. The van der Waals surface area contributed by atoms with Gasteiger partial charge < -0.3 is 14.8 Å². The maximum Gasteiger partial charge on any atom is 0.407 e. The highest BCUT2D eigenvalue weighted by Gasteiger charge is 2.01. The van der Waals surface area contributed by atoms with Crippen LogP contribution in [0.5, 0.6) is 5.75 Å². The van der Waals surface area contributed by atoms with Gasteiger partial charge in [0.05, 0.1) is 0 Å². The lowest BCUT2D eigenvalue weighted by atomic mass is 10.1. The zero-order valence-corrected chi connectivity index (χ0v) is 13.0. The van der Waals surface area contributed by atoms with E-state index >= 15 is 0 Å². The molecule has 0 spiro atoms. The van der Waals surface area contributed by atoms with Gasteiger partial charge in [0.2, 0.25) is 0 Å². The molecule has 0 radical (unpaired) electrons. The number of hydrogen-bond donors (Lipinski definition) is 1. The van der Waals surface area contributed by atoms with E-state index in [9.17, 15) is 4.79 Å². The molecule has 1 amide bonds. The Kier molecular flexibility index (Phi) is 9.96. The monoisotopic (exact) mass is 293 g/mol. The van der Waals surface area contributed by atoms with Crippen LogP contribution in [0.2, 0.25) is 0 Å². The zero-order valence-electron chi connectivity index (χ0n) is 13.0. The Balaban J connectivity index is 1.90. The second kappa shape index (κ2) is 12.1. The van der Waals surface area contributed by atoms with Gasteiger partial charge in [0.15, 0.2) is 0 Å². The van der Waals surface area contributed by atoms with Crippen LogP contribution in [0.4, 0.5) is 4.79 Å². The van der Waals surface area contributed by atoms with E-state index in [1.165, 1.54) is 25.7 Å². The van der Waals surface area contributed by atoms with Gasteiger partial charge in [0.1, 0.15) is 19.0 Å². The second-order valence-electron chi connectivity index (χ2n) is 4.99. The van der Waals surface area contributed by atoms with Crippen LogP contribution in [-0.4, -0.2) is 25.9 Å². The number of unbranched alkanes of at least 4 members (excludes halogenated alkanes) is 5. The van der Waals surface area contributed by atoms with E-state index in [-0.39, 0.29) is 12.7 Å². The lowest BCUT2D eigenvalue weighted by Gasteiger charge is -2.08. The van der Waals surface area contributed by atoms with Gasteiger partial charge in [-0.3, -0.25) is 0 Å². The third-order valence-electron chi connectivity index (χ3n) is 3.13. The van der Waals surface area contributed by atoms with Crippen molar-refractivity contribution in [3.63, 3.8) is 0 Å². The Morgan fingerprint density at radius 1 is 1.00 bits per heavy atom. The fourth-order valence-electron chi connectivity index (χ4n) is 1.96. The number of ether oxygens (including phenoxy) is 2. The van der Waals surface area contributed by atoms with Crippen molar-refractivity contribution in [2.45, 2.75) is 45.4 Å². The van der Waals surface area contributed by atoms with Crippen LogP contribution < -0.4 is 10.1 Å². The summed E-state index contributed by atoms with van der Waals surface area (Å²) in [5, 5.41) is 2.76. The molecule has 0 aliphatic rings. The van der Waals surface area contributed by atoms with Gasteiger partial charge in [-0.05, 0) is 18.6 Å². The minimum atomic E-state index is -0.361. The first-order chi connectivity index (χ1) is 10.3. The smallest absolute Gasteiger partial charge is 0.407 e. The number of nitrogens with one attached hydrogen (secondary N) is 1. The summed E-state index contributed by atoms with van der Waals surface area (Å²) in [6, 6.07) is 9.49. The predicted molar refractivity (Wildman–Crippen MR) is 84.7 cm³/mol. The molecule has 1 aromatic carbocycles. The Morgan fingerprint density at radius 3 is 2.48 bits per heavy atom. The van der Waals surface area contributed by atoms with Crippen LogP contribution in [-0.2, 0) is 4.74 Å². The highest BCUT2D eigenvalue weighted by Crippen LogP contribution is 2.07. The molecule has 4 nitrogen and oxygen atoms in total. The van der Waals surface area contributed by atoms with Gasteiger partial charge in [0, 0.05) is 6.54 Å². The Labute approximate surface area is 127 Å². The number of carbonyl (C=O) groups is 1. The molecule has 1 rings (SSSR count). The molecule has 0 atom stereocenters. The van der Waals surface area contributed by atoms with Gasteiger partial charge >= 0.3 is 6.09 Å². The van der Waals surface area contributed by atoms with E-state index in [1.807, 2.05) is 30.3 Å². The molecule has 21 heavy (non-hydrogen) atoms. The molecule has 1 aromatic rings.